The Morgan fingerprint density at radius 1 is 1.35 bits per heavy atom. The van der Waals surface area contributed by atoms with E-state index in [1.54, 1.807) is 25.5 Å². The van der Waals surface area contributed by atoms with Crippen molar-refractivity contribution >= 4 is 17.9 Å². The summed E-state index contributed by atoms with van der Waals surface area (Å²) < 4.78 is 6.08. The lowest BCUT2D eigenvalue weighted by Gasteiger charge is -2.08. The van der Waals surface area contributed by atoms with E-state index in [1.807, 2.05) is 0 Å². The average Bonchev–Trinajstić information content (AvgIpc) is 3.01. The first-order chi connectivity index (χ1) is 9.72. The Morgan fingerprint density at radius 3 is 2.80 bits per heavy atom. The zero-order chi connectivity index (χ0) is 14.4. The van der Waals surface area contributed by atoms with Crippen LogP contribution in [0.5, 0.6) is 0 Å². The van der Waals surface area contributed by atoms with Gasteiger partial charge in [0, 0.05) is 26.0 Å². The summed E-state index contributed by atoms with van der Waals surface area (Å²) in [6.45, 7) is 0.373. The standard InChI is InChI=1S/C11H15N7O2/c1-12-9-15-10(13-6-4-8(19)20-2)17-11(16-9)18-7-3-5-14-18/h3,5,7H,4,6H2,1-2H3,(H2,12,13,15,16,17). The van der Waals surface area contributed by atoms with Crippen LogP contribution in [0.4, 0.5) is 11.9 Å². The van der Waals surface area contributed by atoms with E-state index in [9.17, 15) is 4.79 Å². The summed E-state index contributed by atoms with van der Waals surface area (Å²) in [5.74, 6) is 0.854. The molecule has 9 heteroatoms. The Kier molecular flexibility index (Phi) is 4.43. The molecule has 0 aliphatic heterocycles. The van der Waals surface area contributed by atoms with Gasteiger partial charge < -0.3 is 15.4 Å². The van der Waals surface area contributed by atoms with Crippen molar-refractivity contribution in [1.29, 1.82) is 0 Å². The molecule has 0 amide bonds. The maximum atomic E-state index is 11.0. The predicted octanol–water partition coefficient (Wildman–Crippen LogP) is 0.0740. The van der Waals surface area contributed by atoms with Crippen molar-refractivity contribution < 1.29 is 9.53 Å². The van der Waals surface area contributed by atoms with E-state index in [4.69, 9.17) is 0 Å². The van der Waals surface area contributed by atoms with Crippen molar-refractivity contribution in [3.8, 4) is 5.95 Å². The summed E-state index contributed by atoms with van der Waals surface area (Å²) in [5.41, 5.74) is 0. The van der Waals surface area contributed by atoms with E-state index in [2.05, 4.69) is 35.4 Å². The van der Waals surface area contributed by atoms with Crippen LogP contribution in [0.25, 0.3) is 5.95 Å². The molecule has 2 rings (SSSR count). The number of esters is 1. The van der Waals surface area contributed by atoms with Gasteiger partial charge in [0.15, 0.2) is 0 Å². The van der Waals surface area contributed by atoms with Crippen molar-refractivity contribution in [3.05, 3.63) is 18.5 Å². The molecule has 0 fully saturated rings. The molecule has 0 spiro atoms. The van der Waals surface area contributed by atoms with Gasteiger partial charge in [-0.15, -0.1) is 0 Å². The molecule has 0 radical (unpaired) electrons. The van der Waals surface area contributed by atoms with Gasteiger partial charge in [0.25, 0.3) is 5.95 Å². The maximum Gasteiger partial charge on any atom is 0.307 e. The number of carbonyl (C=O) groups is 1. The third kappa shape index (κ3) is 3.40. The van der Waals surface area contributed by atoms with Crippen LogP contribution in [0, 0.1) is 0 Å². The minimum absolute atomic E-state index is 0.230. The van der Waals surface area contributed by atoms with E-state index in [1.165, 1.54) is 11.8 Å². The molecule has 0 unspecified atom stereocenters. The number of rotatable bonds is 6. The molecule has 0 atom stereocenters. The molecular weight excluding hydrogens is 262 g/mol. The highest BCUT2D eigenvalue weighted by atomic mass is 16.5. The van der Waals surface area contributed by atoms with Crippen LogP contribution in [-0.4, -0.2) is 51.4 Å². The fraction of sp³-hybridized carbons (Fsp3) is 0.364. The Morgan fingerprint density at radius 2 is 2.15 bits per heavy atom. The monoisotopic (exact) mass is 277 g/mol. The second-order valence-electron chi connectivity index (χ2n) is 3.74. The number of aromatic nitrogens is 5. The van der Waals surface area contributed by atoms with E-state index < -0.39 is 0 Å². The molecule has 2 N–H and O–H groups in total. The first kappa shape index (κ1) is 13.7. The molecule has 2 heterocycles. The first-order valence-corrected chi connectivity index (χ1v) is 5.97. The molecule has 9 nitrogen and oxygen atoms in total. The zero-order valence-electron chi connectivity index (χ0n) is 11.2. The number of ether oxygens (including phenoxy) is 1. The van der Waals surface area contributed by atoms with Crippen molar-refractivity contribution in [2.75, 3.05) is 31.3 Å². The number of nitrogens with zero attached hydrogens (tertiary/aromatic N) is 5. The fourth-order valence-electron chi connectivity index (χ4n) is 1.42. The fourth-order valence-corrected chi connectivity index (χ4v) is 1.42. The lowest BCUT2D eigenvalue weighted by Crippen LogP contribution is -2.14. The summed E-state index contributed by atoms with van der Waals surface area (Å²) >= 11 is 0. The highest BCUT2D eigenvalue weighted by Crippen LogP contribution is 2.08. The molecule has 0 aliphatic carbocycles. The Bertz CT molecular complexity index is 570. The van der Waals surface area contributed by atoms with Crippen molar-refractivity contribution in [2.45, 2.75) is 6.42 Å². The van der Waals surface area contributed by atoms with Crippen LogP contribution >= 0.6 is 0 Å². The van der Waals surface area contributed by atoms with Gasteiger partial charge in [0.05, 0.1) is 13.5 Å². The molecule has 2 aromatic heterocycles. The minimum Gasteiger partial charge on any atom is -0.469 e. The second-order valence-corrected chi connectivity index (χ2v) is 3.74. The maximum absolute atomic E-state index is 11.0. The average molecular weight is 277 g/mol. The highest BCUT2D eigenvalue weighted by Gasteiger charge is 2.08. The van der Waals surface area contributed by atoms with Gasteiger partial charge in [-0.2, -0.15) is 20.1 Å². The number of hydrogen-bond acceptors (Lipinski definition) is 8. The normalized spacial score (nSPS) is 10.1. The van der Waals surface area contributed by atoms with Crippen LogP contribution in [0.2, 0.25) is 0 Å². The molecule has 106 valence electrons. The van der Waals surface area contributed by atoms with E-state index in [0.29, 0.717) is 24.4 Å². The van der Waals surface area contributed by atoms with Gasteiger partial charge in [0.1, 0.15) is 0 Å². The lowest BCUT2D eigenvalue weighted by molar-refractivity contribution is -0.140. The van der Waals surface area contributed by atoms with Crippen LogP contribution in [-0.2, 0) is 9.53 Å². The molecule has 0 bridgehead atoms. The third-order valence-corrected chi connectivity index (χ3v) is 2.40. The molecular formula is C11H15N7O2. The topological polar surface area (TPSA) is 107 Å². The smallest absolute Gasteiger partial charge is 0.307 e. The van der Waals surface area contributed by atoms with Crippen LogP contribution < -0.4 is 10.6 Å². The van der Waals surface area contributed by atoms with E-state index >= 15 is 0 Å². The molecule has 0 saturated heterocycles. The number of carbonyl (C=O) groups excluding carboxylic acids is 1. The van der Waals surface area contributed by atoms with Gasteiger partial charge in [-0.1, -0.05) is 0 Å². The highest BCUT2D eigenvalue weighted by molar-refractivity contribution is 5.69. The van der Waals surface area contributed by atoms with Gasteiger partial charge >= 0.3 is 5.97 Å². The van der Waals surface area contributed by atoms with Crippen molar-refractivity contribution in [2.24, 2.45) is 0 Å². The largest absolute Gasteiger partial charge is 0.469 e. The third-order valence-electron chi connectivity index (χ3n) is 2.40. The van der Waals surface area contributed by atoms with Crippen molar-refractivity contribution in [3.63, 3.8) is 0 Å². The first-order valence-electron chi connectivity index (χ1n) is 5.97. The molecule has 2 aromatic rings. The van der Waals surface area contributed by atoms with Crippen LogP contribution in [0.1, 0.15) is 6.42 Å². The zero-order valence-corrected chi connectivity index (χ0v) is 11.2. The summed E-state index contributed by atoms with van der Waals surface area (Å²) in [6.07, 6.45) is 3.59. The van der Waals surface area contributed by atoms with Crippen LogP contribution in [0.15, 0.2) is 18.5 Å². The SMILES string of the molecule is CNc1nc(NCCC(=O)OC)nc(-n2cccn2)n1. The molecule has 0 aliphatic rings. The number of methoxy groups -OCH3 is 1. The summed E-state index contributed by atoms with van der Waals surface area (Å²) in [4.78, 5) is 23.6. The molecule has 20 heavy (non-hydrogen) atoms. The van der Waals surface area contributed by atoms with Crippen LogP contribution in [0.3, 0.4) is 0 Å². The Hall–Kier alpha value is -2.71. The molecule has 0 aromatic carbocycles. The Balaban J connectivity index is 2.12. The van der Waals surface area contributed by atoms with E-state index in [0.717, 1.165) is 0 Å². The minimum atomic E-state index is -0.298. The lowest BCUT2D eigenvalue weighted by atomic mass is 10.4. The van der Waals surface area contributed by atoms with Gasteiger partial charge in [0.2, 0.25) is 11.9 Å². The quantitative estimate of drug-likeness (QED) is 0.714. The number of anilines is 2. The summed E-state index contributed by atoms with van der Waals surface area (Å²) in [6, 6.07) is 1.77. The summed E-state index contributed by atoms with van der Waals surface area (Å²) in [7, 11) is 3.06. The predicted molar refractivity (Wildman–Crippen MR) is 71.6 cm³/mol. The summed E-state index contributed by atoms with van der Waals surface area (Å²) in [5, 5.41) is 9.85. The van der Waals surface area contributed by atoms with Gasteiger partial charge in [-0.25, -0.2) is 4.68 Å². The van der Waals surface area contributed by atoms with Gasteiger partial charge in [-0.3, -0.25) is 4.79 Å². The Labute approximate surface area is 115 Å². The van der Waals surface area contributed by atoms with E-state index in [-0.39, 0.29) is 12.4 Å². The van der Waals surface area contributed by atoms with Gasteiger partial charge in [-0.05, 0) is 6.07 Å². The second kappa shape index (κ2) is 6.45. The molecule has 0 saturated carbocycles. The van der Waals surface area contributed by atoms with Crippen molar-refractivity contribution in [1.82, 2.24) is 24.7 Å². The number of hydrogen-bond donors (Lipinski definition) is 2. The number of nitrogens with one attached hydrogen (secondary N) is 2.